The van der Waals surface area contributed by atoms with E-state index in [9.17, 15) is 8.42 Å². The number of rotatable bonds is 3. The molecule has 0 spiro atoms. The molecular formula is C19H28O3S. The molecule has 4 bridgehead atoms. The summed E-state index contributed by atoms with van der Waals surface area (Å²) in [5.41, 5.74) is 1.02. The monoisotopic (exact) mass is 336 g/mol. The molecule has 1 aromatic carbocycles. The van der Waals surface area contributed by atoms with Crippen LogP contribution in [0.5, 0.6) is 0 Å². The molecule has 128 valence electrons. The van der Waals surface area contributed by atoms with Gasteiger partial charge in [0.25, 0.3) is 10.1 Å². The van der Waals surface area contributed by atoms with Gasteiger partial charge in [-0.1, -0.05) is 17.7 Å². The lowest BCUT2D eigenvalue weighted by Crippen LogP contribution is -2.38. The number of hydrogen-bond donors (Lipinski definition) is 0. The molecule has 23 heavy (non-hydrogen) atoms. The lowest BCUT2D eigenvalue weighted by Gasteiger charge is -2.49. The van der Waals surface area contributed by atoms with E-state index in [-0.39, 0.29) is 11.5 Å². The van der Waals surface area contributed by atoms with Crippen LogP contribution >= 0.6 is 0 Å². The molecule has 0 atom stereocenters. The van der Waals surface area contributed by atoms with Crippen molar-refractivity contribution in [3.8, 4) is 0 Å². The molecule has 3 nitrogen and oxygen atoms in total. The third-order valence-corrected chi connectivity index (χ3v) is 6.98. The summed E-state index contributed by atoms with van der Waals surface area (Å²) < 4.78 is 27.3. The maximum atomic E-state index is 11.3. The van der Waals surface area contributed by atoms with Gasteiger partial charge >= 0.3 is 0 Å². The Hall–Kier alpha value is -0.870. The molecule has 0 amide bonds. The predicted octanol–water partition coefficient (Wildman–Crippen LogP) is 4.55. The van der Waals surface area contributed by atoms with Crippen LogP contribution < -0.4 is 0 Å². The molecular weight excluding hydrogens is 308 g/mol. The Balaban J connectivity index is 0.000000139. The van der Waals surface area contributed by atoms with Crippen LogP contribution in [0.4, 0.5) is 0 Å². The first-order chi connectivity index (χ1) is 11.0. The molecule has 5 rings (SSSR count). The first-order valence-electron chi connectivity index (χ1n) is 8.92. The van der Waals surface area contributed by atoms with Gasteiger partial charge in [-0.2, -0.15) is 8.42 Å². The minimum atomic E-state index is -3.53. The van der Waals surface area contributed by atoms with Crippen molar-refractivity contribution < 1.29 is 12.6 Å². The van der Waals surface area contributed by atoms with Crippen LogP contribution in [0.15, 0.2) is 29.2 Å². The van der Waals surface area contributed by atoms with Crippen molar-refractivity contribution in [2.45, 2.75) is 57.3 Å². The smallest absolute Gasteiger partial charge is 0.267 e. The van der Waals surface area contributed by atoms with Crippen LogP contribution in [-0.2, 0) is 14.3 Å². The topological polar surface area (TPSA) is 43.4 Å². The predicted molar refractivity (Wildman–Crippen MR) is 91.7 cm³/mol. The molecule has 4 fully saturated rings. The van der Waals surface area contributed by atoms with E-state index in [0.717, 1.165) is 5.56 Å². The van der Waals surface area contributed by atoms with Gasteiger partial charge in [0, 0.05) is 0 Å². The minimum absolute atomic E-state index is 0.163. The number of hydrogen-bond acceptors (Lipinski definition) is 3. The van der Waals surface area contributed by atoms with Gasteiger partial charge in [-0.15, -0.1) is 0 Å². The first kappa shape index (κ1) is 17.0. The van der Waals surface area contributed by atoms with Crippen molar-refractivity contribution in [3.63, 3.8) is 0 Å². The molecule has 0 saturated heterocycles. The van der Waals surface area contributed by atoms with Crippen molar-refractivity contribution in [2.75, 3.05) is 6.61 Å². The lowest BCUT2D eigenvalue weighted by molar-refractivity contribution is 0.0198. The second kappa shape index (κ2) is 6.94. The average molecular weight is 336 g/mol. The van der Waals surface area contributed by atoms with Crippen LogP contribution in [0.3, 0.4) is 0 Å². The Labute approximate surface area is 140 Å². The summed E-state index contributed by atoms with van der Waals surface area (Å²) in [7, 11) is -3.53. The second-order valence-corrected chi connectivity index (χ2v) is 9.17. The molecule has 4 saturated carbocycles. The Morgan fingerprint density at radius 2 is 1.26 bits per heavy atom. The summed E-state index contributed by atoms with van der Waals surface area (Å²) in [4.78, 5) is 0.208. The van der Waals surface area contributed by atoms with Crippen molar-refractivity contribution in [1.82, 2.24) is 0 Å². The fourth-order valence-corrected chi connectivity index (χ4v) is 5.83. The van der Waals surface area contributed by atoms with Crippen molar-refractivity contribution >= 4 is 10.1 Å². The molecule has 1 aromatic rings. The van der Waals surface area contributed by atoms with E-state index in [2.05, 4.69) is 4.18 Å². The Bertz CT molecular complexity index is 562. The van der Waals surface area contributed by atoms with Crippen LogP contribution in [0.25, 0.3) is 0 Å². The van der Waals surface area contributed by atoms with Gasteiger partial charge in [-0.25, -0.2) is 0 Å². The molecule has 0 aliphatic heterocycles. The summed E-state index contributed by atoms with van der Waals surface area (Å²) in [6.45, 7) is 3.71. The van der Waals surface area contributed by atoms with E-state index in [0.29, 0.717) is 0 Å². The fraction of sp³-hybridized carbons (Fsp3) is 0.684. The normalized spacial score (nSPS) is 31.6. The minimum Gasteiger partial charge on any atom is -0.267 e. The van der Waals surface area contributed by atoms with Gasteiger partial charge in [0.2, 0.25) is 0 Å². The van der Waals surface area contributed by atoms with Crippen LogP contribution in [0.2, 0.25) is 0 Å². The van der Waals surface area contributed by atoms with E-state index in [1.54, 1.807) is 69.7 Å². The molecule has 4 heteroatoms. The molecule has 0 radical (unpaired) electrons. The van der Waals surface area contributed by atoms with Gasteiger partial charge in [-0.05, 0) is 88.2 Å². The summed E-state index contributed by atoms with van der Waals surface area (Å²) >= 11 is 0. The fourth-order valence-electron chi connectivity index (χ4n) is 4.91. The van der Waals surface area contributed by atoms with Gasteiger partial charge in [0.15, 0.2) is 0 Å². The van der Waals surface area contributed by atoms with Gasteiger partial charge in [0.05, 0.1) is 11.5 Å². The average Bonchev–Trinajstić information content (AvgIpc) is 2.47. The van der Waals surface area contributed by atoms with E-state index < -0.39 is 10.1 Å². The third kappa shape index (κ3) is 4.16. The van der Waals surface area contributed by atoms with Crippen LogP contribution in [0, 0.1) is 30.6 Å². The summed E-state index contributed by atoms with van der Waals surface area (Å²) in [6.07, 6.45) is 9.62. The third-order valence-electron chi connectivity index (χ3n) is 5.58. The maximum absolute atomic E-state index is 11.3. The molecule has 0 heterocycles. The Morgan fingerprint density at radius 3 is 1.61 bits per heavy atom. The zero-order chi connectivity index (χ0) is 16.4. The summed E-state index contributed by atoms with van der Waals surface area (Å²) in [5, 5.41) is 0. The van der Waals surface area contributed by atoms with Crippen molar-refractivity contribution in [1.29, 1.82) is 0 Å². The largest absolute Gasteiger partial charge is 0.296 e. The van der Waals surface area contributed by atoms with Gasteiger partial charge in [-0.3, -0.25) is 4.18 Å². The van der Waals surface area contributed by atoms with E-state index in [1.165, 1.54) is 23.7 Å². The quantitative estimate of drug-likeness (QED) is 0.760. The van der Waals surface area contributed by atoms with Crippen LogP contribution in [-0.4, -0.2) is 15.0 Å². The molecule has 0 N–H and O–H groups in total. The van der Waals surface area contributed by atoms with Crippen molar-refractivity contribution in [2.24, 2.45) is 23.7 Å². The highest BCUT2D eigenvalue weighted by atomic mass is 32.2. The highest BCUT2D eigenvalue weighted by molar-refractivity contribution is 7.86. The number of aryl methyl sites for hydroxylation is 1. The standard InChI is InChI=1S/C10H16.C9H12O3S/c1-7-2-9-4-8(1)5-10(3-7)6-9;1-3-12-13(10,11)9-6-4-8(2)5-7-9/h7-10H,1-6H2;4-7H,3H2,1-2H3. The summed E-state index contributed by atoms with van der Waals surface area (Å²) in [5.74, 6) is 4.71. The highest BCUT2D eigenvalue weighted by Crippen LogP contribution is 2.53. The Morgan fingerprint density at radius 1 is 0.870 bits per heavy atom. The lowest BCUT2D eigenvalue weighted by atomic mass is 9.56. The maximum Gasteiger partial charge on any atom is 0.296 e. The zero-order valence-electron chi connectivity index (χ0n) is 14.2. The van der Waals surface area contributed by atoms with Gasteiger partial charge < -0.3 is 0 Å². The molecule has 0 aromatic heterocycles. The van der Waals surface area contributed by atoms with Gasteiger partial charge in [0.1, 0.15) is 0 Å². The Kier molecular flexibility index (Phi) is 5.12. The summed E-state index contributed by atoms with van der Waals surface area (Å²) in [6, 6.07) is 6.57. The van der Waals surface area contributed by atoms with Crippen LogP contribution in [0.1, 0.15) is 51.0 Å². The van der Waals surface area contributed by atoms with E-state index in [4.69, 9.17) is 0 Å². The SMILES string of the molecule is C1C2CC3CC1CC(C2)C3.CCOS(=O)(=O)c1ccc(C)cc1. The molecule has 4 aliphatic carbocycles. The second-order valence-electron chi connectivity index (χ2n) is 7.55. The van der Waals surface area contributed by atoms with E-state index >= 15 is 0 Å². The zero-order valence-corrected chi connectivity index (χ0v) is 15.0. The van der Waals surface area contributed by atoms with Crippen molar-refractivity contribution in [3.05, 3.63) is 29.8 Å². The first-order valence-corrected chi connectivity index (χ1v) is 10.3. The highest BCUT2D eigenvalue weighted by Gasteiger charge is 2.41. The molecule has 4 aliphatic rings. The van der Waals surface area contributed by atoms with E-state index in [1.807, 2.05) is 6.92 Å². The molecule has 0 unspecified atom stereocenters. The number of benzene rings is 1.